The average molecular weight is 424 g/mol. The molecule has 2 aliphatic heterocycles. The number of β-lactam (4-membered cyclic amide) rings is 1. The highest BCUT2D eigenvalue weighted by Gasteiger charge is 2.54. The molecule has 1 saturated heterocycles. The SMILES string of the molecule is NC(C(=O)NC1C(=O)N2C(C(=O)O)=C(/C=C\CCl)CS[C@@H]12)c1ccc(O)cc1. The van der Waals surface area contributed by atoms with E-state index in [1.54, 1.807) is 12.2 Å². The van der Waals surface area contributed by atoms with Crippen molar-refractivity contribution in [3.8, 4) is 5.75 Å². The quantitative estimate of drug-likeness (QED) is 0.395. The van der Waals surface area contributed by atoms with Gasteiger partial charge in [0.1, 0.15) is 28.9 Å². The predicted molar refractivity (Wildman–Crippen MR) is 105 cm³/mol. The van der Waals surface area contributed by atoms with E-state index in [0.717, 1.165) is 0 Å². The molecule has 0 aromatic heterocycles. The number of hydrogen-bond acceptors (Lipinski definition) is 6. The van der Waals surface area contributed by atoms with Crippen LogP contribution in [0.5, 0.6) is 5.75 Å². The molecule has 1 aromatic rings. The van der Waals surface area contributed by atoms with Crippen molar-refractivity contribution < 1.29 is 24.6 Å². The molecule has 3 atom stereocenters. The van der Waals surface area contributed by atoms with Gasteiger partial charge in [-0.2, -0.15) is 0 Å². The lowest BCUT2D eigenvalue weighted by molar-refractivity contribution is -0.150. The van der Waals surface area contributed by atoms with Gasteiger partial charge in [0.05, 0.1) is 0 Å². The number of thioether (sulfide) groups is 1. The summed E-state index contributed by atoms with van der Waals surface area (Å²) in [5.74, 6) is -1.62. The molecule has 148 valence electrons. The number of carboxylic acid groups (broad SMARTS) is 1. The lowest BCUT2D eigenvalue weighted by Crippen LogP contribution is -2.71. The van der Waals surface area contributed by atoms with Crippen LogP contribution in [0.1, 0.15) is 11.6 Å². The number of aromatic hydroxyl groups is 1. The standard InChI is InChI=1S/C18H18ClN3O5S/c19-7-1-2-10-8-28-17-13(16(25)22(17)14(10)18(26)27)21-15(24)12(20)9-3-5-11(23)6-4-9/h1-6,12-13,17,23H,7-8,20H2,(H,21,24)(H,26,27)/b2-1-/t12?,13?,17-/m0/s1. The van der Waals surface area contributed by atoms with E-state index in [1.165, 1.54) is 40.9 Å². The molecule has 5 N–H and O–H groups in total. The molecule has 2 unspecified atom stereocenters. The number of phenolic OH excluding ortho intramolecular Hbond substituents is 1. The lowest BCUT2D eigenvalue weighted by Gasteiger charge is -2.49. The highest BCUT2D eigenvalue weighted by Crippen LogP contribution is 2.40. The number of amides is 2. The third kappa shape index (κ3) is 3.73. The summed E-state index contributed by atoms with van der Waals surface area (Å²) in [7, 11) is 0. The third-order valence-electron chi connectivity index (χ3n) is 4.44. The zero-order valence-electron chi connectivity index (χ0n) is 14.5. The zero-order valence-corrected chi connectivity index (χ0v) is 16.1. The Labute approximate surface area is 170 Å². The van der Waals surface area contributed by atoms with E-state index in [1.807, 2.05) is 0 Å². The summed E-state index contributed by atoms with van der Waals surface area (Å²) in [6.07, 6.45) is 3.21. The summed E-state index contributed by atoms with van der Waals surface area (Å²) < 4.78 is 0. The number of aliphatic carboxylic acids is 1. The molecule has 1 fully saturated rings. The number of nitrogens with zero attached hydrogens (tertiary/aromatic N) is 1. The van der Waals surface area contributed by atoms with Crippen LogP contribution in [-0.2, 0) is 14.4 Å². The molecule has 8 nitrogen and oxygen atoms in total. The van der Waals surface area contributed by atoms with Gasteiger partial charge in [-0.25, -0.2) is 4.79 Å². The molecular formula is C18H18ClN3O5S. The molecular weight excluding hydrogens is 406 g/mol. The van der Waals surface area contributed by atoms with Crippen LogP contribution in [0.4, 0.5) is 0 Å². The van der Waals surface area contributed by atoms with E-state index in [-0.39, 0.29) is 17.3 Å². The van der Waals surface area contributed by atoms with E-state index in [2.05, 4.69) is 5.32 Å². The number of carboxylic acids is 1. The zero-order chi connectivity index (χ0) is 20.4. The number of fused-ring (bicyclic) bond motifs is 1. The fraction of sp³-hybridized carbons (Fsp3) is 0.278. The maximum atomic E-state index is 12.5. The van der Waals surface area contributed by atoms with Crippen molar-refractivity contribution in [1.29, 1.82) is 0 Å². The van der Waals surface area contributed by atoms with Gasteiger partial charge < -0.3 is 21.3 Å². The summed E-state index contributed by atoms with van der Waals surface area (Å²) >= 11 is 6.96. The normalized spacial score (nSPS) is 22.6. The van der Waals surface area contributed by atoms with E-state index < -0.39 is 35.2 Å². The Balaban J connectivity index is 1.74. The number of rotatable bonds is 6. The van der Waals surface area contributed by atoms with Crippen molar-refractivity contribution in [3.63, 3.8) is 0 Å². The molecule has 10 heteroatoms. The number of phenols is 1. The highest BCUT2D eigenvalue weighted by molar-refractivity contribution is 8.00. The molecule has 0 aliphatic carbocycles. The van der Waals surface area contributed by atoms with Crippen LogP contribution < -0.4 is 11.1 Å². The molecule has 0 spiro atoms. The summed E-state index contributed by atoms with van der Waals surface area (Å²) in [5, 5.41) is 20.9. The number of nitrogens with two attached hydrogens (primary N) is 1. The van der Waals surface area contributed by atoms with Crippen LogP contribution in [0.25, 0.3) is 0 Å². The molecule has 0 bridgehead atoms. The minimum Gasteiger partial charge on any atom is -0.508 e. The van der Waals surface area contributed by atoms with Gasteiger partial charge in [-0.15, -0.1) is 23.4 Å². The Morgan fingerprint density at radius 3 is 2.68 bits per heavy atom. The first kappa shape index (κ1) is 20.2. The van der Waals surface area contributed by atoms with Crippen LogP contribution >= 0.6 is 23.4 Å². The number of halogens is 1. The molecule has 2 aliphatic rings. The Morgan fingerprint density at radius 1 is 1.39 bits per heavy atom. The van der Waals surface area contributed by atoms with Gasteiger partial charge in [-0.3, -0.25) is 14.5 Å². The van der Waals surface area contributed by atoms with Gasteiger partial charge in [0, 0.05) is 11.6 Å². The van der Waals surface area contributed by atoms with Crippen molar-refractivity contribution >= 4 is 41.1 Å². The first-order chi connectivity index (χ1) is 13.3. The van der Waals surface area contributed by atoms with Crippen molar-refractivity contribution in [3.05, 3.63) is 53.3 Å². The van der Waals surface area contributed by atoms with Gasteiger partial charge in [-0.05, 0) is 23.3 Å². The largest absolute Gasteiger partial charge is 0.508 e. The number of allylic oxidation sites excluding steroid dienone is 2. The highest BCUT2D eigenvalue weighted by atomic mass is 35.5. The fourth-order valence-corrected chi connectivity index (χ4v) is 4.44. The Morgan fingerprint density at radius 2 is 2.07 bits per heavy atom. The Bertz CT molecular complexity index is 870. The second kappa shape index (κ2) is 8.26. The van der Waals surface area contributed by atoms with Crippen LogP contribution in [-0.4, -0.2) is 55.9 Å². The minimum absolute atomic E-state index is 0.0479. The smallest absolute Gasteiger partial charge is 0.352 e. The minimum atomic E-state index is -1.21. The molecule has 0 saturated carbocycles. The second-order valence-electron chi connectivity index (χ2n) is 6.20. The molecule has 1 aromatic carbocycles. The van der Waals surface area contributed by atoms with Gasteiger partial charge >= 0.3 is 5.97 Å². The first-order valence-corrected chi connectivity index (χ1v) is 9.92. The first-order valence-electron chi connectivity index (χ1n) is 8.33. The van der Waals surface area contributed by atoms with Crippen LogP contribution in [0.15, 0.2) is 47.7 Å². The average Bonchev–Trinajstić information content (AvgIpc) is 2.69. The molecule has 28 heavy (non-hydrogen) atoms. The monoisotopic (exact) mass is 423 g/mol. The topological polar surface area (TPSA) is 133 Å². The van der Waals surface area contributed by atoms with Gasteiger partial charge in [0.25, 0.3) is 5.91 Å². The summed E-state index contributed by atoms with van der Waals surface area (Å²) in [6.45, 7) is 0. The Kier molecular flexibility index (Phi) is 5.97. The van der Waals surface area contributed by atoms with Crippen molar-refractivity contribution in [1.82, 2.24) is 10.2 Å². The number of nitrogens with one attached hydrogen (secondary N) is 1. The predicted octanol–water partition coefficient (Wildman–Crippen LogP) is 0.926. The van der Waals surface area contributed by atoms with Crippen LogP contribution in [0.3, 0.4) is 0 Å². The number of carbonyl (C=O) groups is 3. The van der Waals surface area contributed by atoms with E-state index >= 15 is 0 Å². The molecule has 3 rings (SSSR count). The van der Waals surface area contributed by atoms with Gasteiger partial charge in [0.15, 0.2) is 0 Å². The van der Waals surface area contributed by atoms with Crippen molar-refractivity contribution in [2.75, 3.05) is 11.6 Å². The van der Waals surface area contributed by atoms with E-state index in [4.69, 9.17) is 17.3 Å². The fourth-order valence-electron chi connectivity index (χ4n) is 3.03. The van der Waals surface area contributed by atoms with E-state index in [9.17, 15) is 24.6 Å². The number of hydrogen-bond donors (Lipinski definition) is 4. The van der Waals surface area contributed by atoms with Crippen LogP contribution in [0.2, 0.25) is 0 Å². The van der Waals surface area contributed by atoms with Gasteiger partial charge in [0.2, 0.25) is 5.91 Å². The number of alkyl halides is 1. The van der Waals surface area contributed by atoms with E-state index in [0.29, 0.717) is 16.9 Å². The van der Waals surface area contributed by atoms with Crippen molar-refractivity contribution in [2.24, 2.45) is 5.73 Å². The molecule has 2 amide bonds. The third-order valence-corrected chi connectivity index (χ3v) is 5.92. The Hall–Kier alpha value is -2.49. The molecule has 0 radical (unpaired) electrons. The molecule has 2 heterocycles. The number of benzene rings is 1. The number of carbonyl (C=O) groups excluding carboxylic acids is 2. The van der Waals surface area contributed by atoms with Crippen molar-refractivity contribution in [2.45, 2.75) is 17.5 Å². The van der Waals surface area contributed by atoms with Gasteiger partial charge in [-0.1, -0.05) is 24.3 Å². The summed E-state index contributed by atoms with van der Waals surface area (Å²) in [4.78, 5) is 37.8. The van der Waals surface area contributed by atoms with Crippen LogP contribution in [0, 0.1) is 0 Å². The maximum Gasteiger partial charge on any atom is 0.352 e. The second-order valence-corrected chi connectivity index (χ2v) is 7.61. The summed E-state index contributed by atoms with van der Waals surface area (Å²) in [6, 6.07) is 3.99. The summed E-state index contributed by atoms with van der Waals surface area (Å²) in [5.41, 5.74) is 6.81. The maximum absolute atomic E-state index is 12.5. The lowest BCUT2D eigenvalue weighted by atomic mass is 10.0.